The maximum Gasteiger partial charge on any atom is 0.335 e. The van der Waals surface area contributed by atoms with E-state index < -0.39 is 17.8 Å². The molecular formula is C10H25ClO4Si2. The molecule has 0 aromatic heterocycles. The van der Waals surface area contributed by atoms with E-state index in [-0.39, 0.29) is 0 Å². The standard InChI is InChI=1S/C5H13ClO2Si.C5H12O2Si/c1-7-9(3,8-2)5-4-6;1-4-5-8(6-2)7-3/h4-5H2,1-3H3;4,8H,1,5H2,2-3H3. The molecule has 0 heterocycles. The third-order valence-corrected chi connectivity index (χ3v) is 7.46. The second-order valence-electron chi connectivity index (χ2n) is 3.41. The van der Waals surface area contributed by atoms with Gasteiger partial charge in [0.25, 0.3) is 0 Å². The third kappa shape index (κ3) is 11.1. The van der Waals surface area contributed by atoms with E-state index >= 15 is 0 Å². The van der Waals surface area contributed by atoms with Crippen LogP contribution in [0.2, 0.25) is 18.6 Å². The highest BCUT2D eigenvalue weighted by atomic mass is 35.5. The molecule has 0 aromatic rings. The van der Waals surface area contributed by atoms with Gasteiger partial charge in [-0.25, -0.2) is 0 Å². The Labute approximate surface area is 113 Å². The zero-order chi connectivity index (χ0) is 13.7. The van der Waals surface area contributed by atoms with E-state index in [0.29, 0.717) is 5.88 Å². The molecule has 17 heavy (non-hydrogen) atoms. The zero-order valence-electron chi connectivity index (χ0n) is 11.5. The van der Waals surface area contributed by atoms with Gasteiger partial charge in [-0.15, -0.1) is 18.2 Å². The summed E-state index contributed by atoms with van der Waals surface area (Å²) in [6.07, 6.45) is 1.82. The van der Waals surface area contributed by atoms with Crippen molar-refractivity contribution < 1.29 is 17.7 Å². The van der Waals surface area contributed by atoms with Crippen LogP contribution >= 0.6 is 11.6 Å². The van der Waals surface area contributed by atoms with Crippen LogP contribution in [0, 0.1) is 0 Å². The Bertz CT molecular complexity index is 176. The summed E-state index contributed by atoms with van der Waals surface area (Å²) in [6, 6.07) is 1.73. The summed E-state index contributed by atoms with van der Waals surface area (Å²) in [7, 11) is 3.54. The Balaban J connectivity index is 0. The maximum atomic E-state index is 5.52. The largest absolute Gasteiger partial charge is 0.400 e. The van der Waals surface area contributed by atoms with Gasteiger partial charge >= 0.3 is 17.8 Å². The molecule has 4 nitrogen and oxygen atoms in total. The molecule has 104 valence electrons. The Morgan fingerprint density at radius 1 is 1.18 bits per heavy atom. The number of alkyl halides is 1. The van der Waals surface area contributed by atoms with Crippen molar-refractivity contribution in [2.75, 3.05) is 34.3 Å². The van der Waals surface area contributed by atoms with Gasteiger partial charge in [0, 0.05) is 46.4 Å². The molecule has 0 aliphatic carbocycles. The maximum absolute atomic E-state index is 5.52. The first-order valence-corrected chi connectivity index (χ1v) is 10.2. The van der Waals surface area contributed by atoms with Crippen LogP contribution in [0.3, 0.4) is 0 Å². The zero-order valence-corrected chi connectivity index (χ0v) is 14.4. The molecule has 0 radical (unpaired) electrons. The summed E-state index contributed by atoms with van der Waals surface area (Å²) in [5, 5.41) is 0. The first kappa shape index (κ1) is 19.6. The van der Waals surface area contributed by atoms with Gasteiger partial charge in [-0.05, 0) is 6.55 Å². The molecule has 0 bridgehead atoms. The Kier molecular flexibility index (Phi) is 14.7. The predicted octanol–water partition coefficient (Wildman–Crippen LogP) is 2.28. The summed E-state index contributed by atoms with van der Waals surface area (Å²) in [4.78, 5) is 0. The van der Waals surface area contributed by atoms with E-state index in [4.69, 9.17) is 29.3 Å². The fourth-order valence-corrected chi connectivity index (χ4v) is 3.68. The number of hydrogen-bond acceptors (Lipinski definition) is 4. The minimum Gasteiger partial charge on any atom is -0.400 e. The molecule has 0 unspecified atom stereocenters. The normalized spacial score (nSPS) is 11.0. The van der Waals surface area contributed by atoms with E-state index in [1.807, 2.05) is 12.6 Å². The molecule has 7 heteroatoms. The minimum atomic E-state index is -1.83. The van der Waals surface area contributed by atoms with Crippen molar-refractivity contribution in [1.29, 1.82) is 0 Å². The Morgan fingerprint density at radius 3 is 1.76 bits per heavy atom. The molecule has 0 rings (SSSR count). The number of halogens is 1. The first-order chi connectivity index (χ1) is 8.03. The van der Waals surface area contributed by atoms with Crippen molar-refractivity contribution in [1.82, 2.24) is 0 Å². The van der Waals surface area contributed by atoms with Crippen LogP contribution < -0.4 is 0 Å². The quantitative estimate of drug-likeness (QED) is 0.391. The lowest BCUT2D eigenvalue weighted by Crippen LogP contribution is -2.36. The highest BCUT2D eigenvalue weighted by Crippen LogP contribution is 2.10. The topological polar surface area (TPSA) is 36.9 Å². The summed E-state index contributed by atoms with van der Waals surface area (Å²) in [5.41, 5.74) is 0. The second kappa shape index (κ2) is 12.8. The van der Waals surface area contributed by atoms with Gasteiger partial charge < -0.3 is 17.7 Å². The highest BCUT2D eigenvalue weighted by molar-refractivity contribution is 6.66. The summed E-state index contributed by atoms with van der Waals surface area (Å²) >= 11 is 5.52. The van der Waals surface area contributed by atoms with Crippen LogP contribution in [0.5, 0.6) is 0 Å². The lowest BCUT2D eigenvalue weighted by molar-refractivity contribution is 0.251. The number of rotatable bonds is 8. The average Bonchev–Trinajstić information content (AvgIpc) is 2.37. The molecule has 0 aliphatic rings. The van der Waals surface area contributed by atoms with Crippen molar-refractivity contribution in [3.05, 3.63) is 12.7 Å². The summed E-state index contributed by atoms with van der Waals surface area (Å²) in [5.74, 6) is 0.615. The molecule has 0 aromatic carbocycles. The molecule has 0 N–H and O–H groups in total. The van der Waals surface area contributed by atoms with Crippen LogP contribution in [0.1, 0.15) is 0 Å². The van der Waals surface area contributed by atoms with E-state index in [0.717, 1.165) is 12.1 Å². The summed E-state index contributed by atoms with van der Waals surface area (Å²) in [6.45, 7) is 5.57. The lowest BCUT2D eigenvalue weighted by Gasteiger charge is -2.20. The van der Waals surface area contributed by atoms with E-state index in [2.05, 4.69) is 6.58 Å². The molecule has 0 fully saturated rings. The van der Waals surface area contributed by atoms with Gasteiger partial charge in [-0.1, -0.05) is 6.08 Å². The fourth-order valence-electron chi connectivity index (χ4n) is 0.884. The van der Waals surface area contributed by atoms with Gasteiger partial charge in [-0.2, -0.15) is 0 Å². The van der Waals surface area contributed by atoms with Crippen LogP contribution in [-0.2, 0) is 17.7 Å². The van der Waals surface area contributed by atoms with Gasteiger partial charge in [0.15, 0.2) is 0 Å². The van der Waals surface area contributed by atoms with Crippen LogP contribution in [0.15, 0.2) is 12.7 Å². The molecule has 0 atom stereocenters. The SMILES string of the molecule is C=CC[SiH](OC)OC.CO[Si](C)(CCCl)OC. The van der Waals surface area contributed by atoms with Crippen molar-refractivity contribution in [2.24, 2.45) is 0 Å². The molecule has 0 aliphatic heterocycles. The van der Waals surface area contributed by atoms with Gasteiger partial charge in [0.1, 0.15) is 0 Å². The number of hydrogen-bond donors (Lipinski definition) is 0. The van der Waals surface area contributed by atoms with E-state index in [9.17, 15) is 0 Å². The van der Waals surface area contributed by atoms with E-state index in [1.54, 1.807) is 28.4 Å². The van der Waals surface area contributed by atoms with Gasteiger partial charge in [0.2, 0.25) is 0 Å². The molecule has 0 saturated heterocycles. The monoisotopic (exact) mass is 300 g/mol. The van der Waals surface area contributed by atoms with Gasteiger partial charge in [-0.3, -0.25) is 0 Å². The van der Waals surface area contributed by atoms with Crippen molar-refractivity contribution in [2.45, 2.75) is 18.6 Å². The van der Waals surface area contributed by atoms with E-state index in [1.165, 1.54) is 0 Å². The highest BCUT2D eigenvalue weighted by Gasteiger charge is 2.27. The minimum absolute atomic E-state index is 0.615. The fraction of sp³-hybridized carbons (Fsp3) is 0.800. The molecule has 0 amide bonds. The second-order valence-corrected chi connectivity index (χ2v) is 9.64. The van der Waals surface area contributed by atoms with Crippen LogP contribution in [0.4, 0.5) is 0 Å². The number of allylic oxidation sites excluding steroid dienone is 1. The van der Waals surface area contributed by atoms with Crippen molar-refractivity contribution in [3.8, 4) is 0 Å². The third-order valence-electron chi connectivity index (χ3n) is 2.30. The molecular weight excluding hydrogens is 276 g/mol. The predicted molar refractivity (Wildman–Crippen MR) is 77.3 cm³/mol. The summed E-state index contributed by atoms with van der Waals surface area (Å²) < 4.78 is 20.3. The van der Waals surface area contributed by atoms with Gasteiger partial charge in [0.05, 0.1) is 0 Å². The van der Waals surface area contributed by atoms with Crippen LogP contribution in [-0.4, -0.2) is 52.2 Å². The molecule has 0 saturated carbocycles. The van der Waals surface area contributed by atoms with Crippen molar-refractivity contribution >= 4 is 29.4 Å². The first-order valence-electron chi connectivity index (χ1n) is 5.36. The Hall–Kier alpha value is 0.304. The Morgan fingerprint density at radius 2 is 1.65 bits per heavy atom. The smallest absolute Gasteiger partial charge is 0.335 e. The lowest BCUT2D eigenvalue weighted by atomic mass is 10.8. The van der Waals surface area contributed by atoms with Crippen LogP contribution in [0.25, 0.3) is 0 Å². The van der Waals surface area contributed by atoms with Crippen molar-refractivity contribution in [3.63, 3.8) is 0 Å². The average molecular weight is 301 g/mol. The molecule has 0 spiro atoms.